The Kier molecular flexibility index (Phi) is 3.58. The first-order valence-corrected chi connectivity index (χ1v) is 6.13. The molecule has 2 aromatic rings. The molecule has 0 spiro atoms. The van der Waals surface area contributed by atoms with E-state index >= 15 is 0 Å². The van der Waals surface area contributed by atoms with Crippen molar-refractivity contribution >= 4 is 29.1 Å². The van der Waals surface area contributed by atoms with Crippen LogP contribution in [0.15, 0.2) is 52.3 Å². The number of hydrogen-bond acceptors (Lipinski definition) is 3. The van der Waals surface area contributed by atoms with Gasteiger partial charge in [-0.1, -0.05) is 41.6 Å². The van der Waals surface area contributed by atoms with Crippen molar-refractivity contribution in [1.29, 1.82) is 5.26 Å². The van der Waals surface area contributed by atoms with Crippen LogP contribution >= 0.6 is 23.4 Å². The third kappa shape index (κ3) is 2.55. The lowest BCUT2D eigenvalue weighted by molar-refractivity contribution is 1.38. The summed E-state index contributed by atoms with van der Waals surface area (Å²) >= 11 is 7.54. The molecule has 2 nitrogen and oxygen atoms in total. The molecule has 0 aliphatic rings. The van der Waals surface area contributed by atoms with Crippen molar-refractivity contribution in [2.45, 2.75) is 9.79 Å². The Hall–Kier alpha value is -1.63. The van der Waals surface area contributed by atoms with E-state index in [1.807, 2.05) is 36.4 Å². The number of para-hydroxylation sites is 1. The Bertz CT molecular complexity index is 590. The van der Waals surface area contributed by atoms with Crippen molar-refractivity contribution in [3.05, 3.63) is 53.1 Å². The molecule has 0 fully saturated rings. The van der Waals surface area contributed by atoms with Crippen LogP contribution in [0.3, 0.4) is 0 Å². The Balaban J connectivity index is 2.38. The Morgan fingerprint density at radius 3 is 2.47 bits per heavy atom. The molecule has 2 N–H and O–H groups in total. The summed E-state index contributed by atoms with van der Waals surface area (Å²) in [6.45, 7) is 0. The molecule has 0 unspecified atom stereocenters. The van der Waals surface area contributed by atoms with Crippen LogP contribution in [0.5, 0.6) is 0 Å². The second-order valence-electron chi connectivity index (χ2n) is 3.36. The van der Waals surface area contributed by atoms with Gasteiger partial charge in [-0.2, -0.15) is 5.26 Å². The average Bonchev–Trinajstić information content (AvgIpc) is 2.34. The van der Waals surface area contributed by atoms with Gasteiger partial charge in [-0.3, -0.25) is 0 Å². The van der Waals surface area contributed by atoms with Gasteiger partial charge in [0.1, 0.15) is 6.07 Å². The second kappa shape index (κ2) is 5.13. The summed E-state index contributed by atoms with van der Waals surface area (Å²) in [7, 11) is 0. The molecule has 0 bridgehead atoms. The zero-order valence-corrected chi connectivity index (χ0v) is 10.4. The van der Waals surface area contributed by atoms with Gasteiger partial charge < -0.3 is 5.73 Å². The largest absolute Gasteiger partial charge is 0.397 e. The monoisotopic (exact) mass is 260 g/mol. The number of nitriles is 1. The first-order chi connectivity index (χ1) is 8.22. The van der Waals surface area contributed by atoms with Gasteiger partial charge in [0, 0.05) is 9.79 Å². The number of nitrogen functional groups attached to an aromatic ring is 1. The number of benzene rings is 2. The standard InChI is InChI=1S/C13H9ClN2S/c14-10-5-1-2-6-11(10)17-12-7-3-4-9(8-15)13(12)16/h1-7H,16H2. The molecular formula is C13H9ClN2S. The summed E-state index contributed by atoms with van der Waals surface area (Å²) in [4.78, 5) is 1.77. The van der Waals surface area contributed by atoms with Crippen molar-refractivity contribution in [3.8, 4) is 6.07 Å². The molecule has 0 amide bonds. The second-order valence-corrected chi connectivity index (χ2v) is 4.85. The number of hydrogen-bond donors (Lipinski definition) is 1. The van der Waals surface area contributed by atoms with E-state index in [0.29, 0.717) is 16.3 Å². The van der Waals surface area contributed by atoms with Crippen molar-refractivity contribution in [3.63, 3.8) is 0 Å². The summed E-state index contributed by atoms with van der Waals surface area (Å²) in [5.41, 5.74) is 6.89. The van der Waals surface area contributed by atoms with Gasteiger partial charge in [0.05, 0.1) is 16.3 Å². The fourth-order valence-corrected chi connectivity index (χ4v) is 2.54. The van der Waals surface area contributed by atoms with Crippen LogP contribution in [-0.2, 0) is 0 Å². The molecule has 0 aliphatic carbocycles. The summed E-state index contributed by atoms with van der Waals surface area (Å²) in [6, 6.07) is 15.0. The highest BCUT2D eigenvalue weighted by atomic mass is 35.5. The molecule has 4 heteroatoms. The molecule has 0 saturated carbocycles. The molecule has 0 aromatic heterocycles. The van der Waals surface area contributed by atoms with E-state index in [-0.39, 0.29) is 0 Å². The average molecular weight is 261 g/mol. The van der Waals surface area contributed by atoms with Crippen LogP contribution in [0.2, 0.25) is 5.02 Å². The van der Waals surface area contributed by atoms with Gasteiger partial charge in [-0.25, -0.2) is 0 Å². The number of anilines is 1. The van der Waals surface area contributed by atoms with E-state index in [1.54, 1.807) is 6.07 Å². The predicted octanol–water partition coefficient (Wildman–Crippen LogP) is 3.95. The van der Waals surface area contributed by atoms with Gasteiger partial charge >= 0.3 is 0 Å². The van der Waals surface area contributed by atoms with Crippen LogP contribution < -0.4 is 5.73 Å². The lowest BCUT2D eigenvalue weighted by Crippen LogP contribution is -1.92. The summed E-state index contributed by atoms with van der Waals surface area (Å²) in [5, 5.41) is 9.58. The van der Waals surface area contributed by atoms with Gasteiger partial charge in [0.25, 0.3) is 0 Å². The smallest absolute Gasteiger partial charge is 0.101 e. The SMILES string of the molecule is N#Cc1cccc(Sc2ccccc2Cl)c1N. The third-order valence-electron chi connectivity index (χ3n) is 2.24. The zero-order valence-electron chi connectivity index (χ0n) is 8.85. The lowest BCUT2D eigenvalue weighted by atomic mass is 10.2. The van der Waals surface area contributed by atoms with Crippen LogP contribution in [-0.4, -0.2) is 0 Å². The highest BCUT2D eigenvalue weighted by molar-refractivity contribution is 7.99. The fraction of sp³-hybridized carbons (Fsp3) is 0. The molecular weight excluding hydrogens is 252 g/mol. The Labute approximate surface area is 109 Å². The van der Waals surface area contributed by atoms with Gasteiger partial charge in [0.2, 0.25) is 0 Å². The van der Waals surface area contributed by atoms with Crippen LogP contribution in [0.4, 0.5) is 5.69 Å². The zero-order chi connectivity index (χ0) is 12.3. The molecule has 17 heavy (non-hydrogen) atoms. The Morgan fingerprint density at radius 1 is 1.06 bits per heavy atom. The van der Waals surface area contributed by atoms with E-state index in [0.717, 1.165) is 9.79 Å². The third-order valence-corrected chi connectivity index (χ3v) is 3.84. The fourth-order valence-electron chi connectivity index (χ4n) is 1.38. The predicted molar refractivity (Wildman–Crippen MR) is 71.1 cm³/mol. The van der Waals surface area contributed by atoms with E-state index in [9.17, 15) is 0 Å². The van der Waals surface area contributed by atoms with Crippen LogP contribution in [0, 0.1) is 11.3 Å². The number of rotatable bonds is 2. The van der Waals surface area contributed by atoms with E-state index < -0.39 is 0 Å². The number of nitrogens with two attached hydrogens (primary N) is 1. The first kappa shape index (κ1) is 11.8. The van der Waals surface area contributed by atoms with Crippen LogP contribution in [0.1, 0.15) is 5.56 Å². The molecule has 0 radical (unpaired) electrons. The maximum atomic E-state index is 8.90. The van der Waals surface area contributed by atoms with E-state index in [1.165, 1.54) is 11.8 Å². The number of halogens is 1. The van der Waals surface area contributed by atoms with Crippen molar-refractivity contribution < 1.29 is 0 Å². The van der Waals surface area contributed by atoms with Crippen LogP contribution in [0.25, 0.3) is 0 Å². The van der Waals surface area contributed by atoms with Gasteiger partial charge in [0.15, 0.2) is 0 Å². The van der Waals surface area contributed by atoms with Crippen molar-refractivity contribution in [2.24, 2.45) is 0 Å². The molecule has 0 atom stereocenters. The normalized spacial score (nSPS) is 9.88. The molecule has 2 rings (SSSR count). The minimum absolute atomic E-state index is 0.488. The summed E-state index contributed by atoms with van der Waals surface area (Å²) in [6.07, 6.45) is 0. The summed E-state index contributed by atoms with van der Waals surface area (Å²) in [5.74, 6) is 0. The quantitative estimate of drug-likeness (QED) is 0.832. The topological polar surface area (TPSA) is 49.8 Å². The van der Waals surface area contributed by atoms with Crippen molar-refractivity contribution in [1.82, 2.24) is 0 Å². The van der Waals surface area contributed by atoms with Gasteiger partial charge in [-0.05, 0) is 24.3 Å². The lowest BCUT2D eigenvalue weighted by Gasteiger charge is -2.07. The molecule has 84 valence electrons. The van der Waals surface area contributed by atoms with Gasteiger partial charge in [-0.15, -0.1) is 0 Å². The molecule has 0 heterocycles. The minimum atomic E-state index is 0.488. The van der Waals surface area contributed by atoms with E-state index in [2.05, 4.69) is 6.07 Å². The highest BCUT2D eigenvalue weighted by Crippen LogP contribution is 2.36. The maximum Gasteiger partial charge on any atom is 0.101 e. The van der Waals surface area contributed by atoms with E-state index in [4.69, 9.17) is 22.6 Å². The minimum Gasteiger partial charge on any atom is -0.397 e. The molecule has 0 aliphatic heterocycles. The Morgan fingerprint density at radius 2 is 1.76 bits per heavy atom. The molecule has 0 saturated heterocycles. The molecule has 2 aromatic carbocycles. The number of nitrogens with zero attached hydrogens (tertiary/aromatic N) is 1. The summed E-state index contributed by atoms with van der Waals surface area (Å²) < 4.78 is 0. The first-order valence-electron chi connectivity index (χ1n) is 4.93. The maximum absolute atomic E-state index is 8.90. The highest BCUT2D eigenvalue weighted by Gasteiger charge is 2.07. The van der Waals surface area contributed by atoms with Crippen molar-refractivity contribution in [2.75, 3.05) is 5.73 Å².